The Labute approximate surface area is 175 Å². The number of carbonyl (C=O) groups excluding carboxylic acids is 2. The van der Waals surface area contributed by atoms with E-state index in [9.17, 15) is 18.0 Å². The highest BCUT2D eigenvalue weighted by molar-refractivity contribution is 7.92. The van der Waals surface area contributed by atoms with Crippen LogP contribution in [-0.4, -0.2) is 39.6 Å². The quantitative estimate of drug-likeness (QED) is 0.638. The number of anilines is 1. The van der Waals surface area contributed by atoms with Gasteiger partial charge < -0.3 is 9.47 Å². The standard InChI is InChI=1S/C20H22ClNO6S/c1-20(2,3)28-18(23)13-27-19(24)14-7-5-10-17(11-14)29(25,26)22(4)16-9-6-8-15(21)12-16/h5-12H,13H2,1-4H3. The fraction of sp³-hybridized carbons (Fsp3) is 0.300. The van der Waals surface area contributed by atoms with E-state index in [-0.39, 0.29) is 10.5 Å². The third-order valence-corrected chi connectivity index (χ3v) is 5.66. The van der Waals surface area contributed by atoms with Crippen molar-refractivity contribution in [3.63, 3.8) is 0 Å². The Hall–Kier alpha value is -2.58. The van der Waals surface area contributed by atoms with Crippen molar-refractivity contribution < 1.29 is 27.5 Å². The number of hydrogen-bond acceptors (Lipinski definition) is 6. The molecule has 0 saturated carbocycles. The lowest BCUT2D eigenvalue weighted by molar-refractivity contribution is -0.158. The van der Waals surface area contributed by atoms with Gasteiger partial charge in [-0.05, 0) is 57.2 Å². The SMILES string of the molecule is CN(c1cccc(Cl)c1)S(=O)(=O)c1cccc(C(=O)OCC(=O)OC(C)(C)C)c1. The van der Waals surface area contributed by atoms with Crippen molar-refractivity contribution in [3.8, 4) is 0 Å². The summed E-state index contributed by atoms with van der Waals surface area (Å²) in [6.45, 7) is 4.50. The average molecular weight is 440 g/mol. The summed E-state index contributed by atoms with van der Waals surface area (Å²) in [6, 6.07) is 11.7. The minimum Gasteiger partial charge on any atom is -0.457 e. The van der Waals surface area contributed by atoms with Gasteiger partial charge in [-0.1, -0.05) is 23.7 Å². The van der Waals surface area contributed by atoms with Crippen LogP contribution in [-0.2, 0) is 24.3 Å². The molecule has 156 valence electrons. The van der Waals surface area contributed by atoms with E-state index in [2.05, 4.69) is 0 Å². The predicted octanol–water partition coefficient (Wildman–Crippen LogP) is 3.66. The zero-order valence-corrected chi connectivity index (χ0v) is 18.1. The maximum Gasteiger partial charge on any atom is 0.344 e. The molecular formula is C20H22ClNO6S. The Morgan fingerprint density at radius 1 is 1.07 bits per heavy atom. The van der Waals surface area contributed by atoms with E-state index in [1.54, 1.807) is 39.0 Å². The second kappa shape index (κ2) is 8.84. The van der Waals surface area contributed by atoms with Gasteiger partial charge in [0.2, 0.25) is 0 Å². The second-order valence-electron chi connectivity index (χ2n) is 7.14. The summed E-state index contributed by atoms with van der Waals surface area (Å²) in [4.78, 5) is 23.8. The smallest absolute Gasteiger partial charge is 0.344 e. The number of halogens is 1. The molecule has 29 heavy (non-hydrogen) atoms. The van der Waals surface area contributed by atoms with Crippen molar-refractivity contribution >= 4 is 39.3 Å². The number of ether oxygens (including phenoxy) is 2. The Bertz CT molecular complexity index is 1010. The molecule has 0 aliphatic heterocycles. The van der Waals surface area contributed by atoms with Crippen LogP contribution in [0.3, 0.4) is 0 Å². The summed E-state index contributed by atoms with van der Waals surface area (Å²) in [6.07, 6.45) is 0. The van der Waals surface area contributed by atoms with Crippen LogP contribution in [0.15, 0.2) is 53.4 Å². The number of carbonyl (C=O) groups is 2. The predicted molar refractivity (Wildman–Crippen MR) is 110 cm³/mol. The van der Waals surface area contributed by atoms with Crippen LogP contribution in [0.4, 0.5) is 5.69 Å². The maximum absolute atomic E-state index is 12.9. The van der Waals surface area contributed by atoms with E-state index in [4.69, 9.17) is 21.1 Å². The minimum atomic E-state index is -3.94. The highest BCUT2D eigenvalue weighted by Crippen LogP contribution is 2.25. The Balaban J connectivity index is 2.17. The number of benzene rings is 2. The summed E-state index contributed by atoms with van der Waals surface area (Å²) in [5.41, 5.74) is -0.341. The van der Waals surface area contributed by atoms with Gasteiger partial charge in [0.05, 0.1) is 16.1 Å². The lowest BCUT2D eigenvalue weighted by Crippen LogP contribution is -2.28. The zero-order valence-electron chi connectivity index (χ0n) is 16.5. The molecule has 0 aromatic heterocycles. The van der Waals surface area contributed by atoms with Crippen molar-refractivity contribution in [2.45, 2.75) is 31.3 Å². The normalized spacial score (nSPS) is 11.6. The first-order valence-corrected chi connectivity index (χ1v) is 10.5. The van der Waals surface area contributed by atoms with Crippen LogP contribution < -0.4 is 4.31 Å². The van der Waals surface area contributed by atoms with Gasteiger partial charge in [0.15, 0.2) is 6.61 Å². The number of rotatable bonds is 6. The van der Waals surface area contributed by atoms with Crippen molar-refractivity contribution in [1.29, 1.82) is 0 Å². The maximum atomic E-state index is 12.9. The molecule has 0 amide bonds. The molecule has 0 atom stereocenters. The van der Waals surface area contributed by atoms with Crippen molar-refractivity contribution in [2.24, 2.45) is 0 Å². The van der Waals surface area contributed by atoms with Gasteiger partial charge in [-0.15, -0.1) is 0 Å². The highest BCUT2D eigenvalue weighted by atomic mass is 35.5. The zero-order chi connectivity index (χ0) is 21.8. The van der Waals surface area contributed by atoms with Gasteiger partial charge in [-0.3, -0.25) is 4.31 Å². The molecule has 0 bridgehead atoms. The van der Waals surface area contributed by atoms with Crippen LogP contribution in [0.5, 0.6) is 0 Å². The van der Waals surface area contributed by atoms with Crippen LogP contribution in [0.2, 0.25) is 5.02 Å². The van der Waals surface area contributed by atoms with E-state index >= 15 is 0 Å². The summed E-state index contributed by atoms with van der Waals surface area (Å²) in [5, 5.41) is 0.393. The van der Waals surface area contributed by atoms with Gasteiger partial charge in [0, 0.05) is 12.1 Å². The first kappa shape index (κ1) is 22.7. The monoisotopic (exact) mass is 439 g/mol. The van der Waals surface area contributed by atoms with E-state index in [0.717, 1.165) is 4.31 Å². The van der Waals surface area contributed by atoms with E-state index < -0.39 is 34.2 Å². The molecule has 0 radical (unpaired) electrons. The van der Waals surface area contributed by atoms with Gasteiger partial charge in [0.25, 0.3) is 10.0 Å². The molecule has 0 unspecified atom stereocenters. The first-order valence-electron chi connectivity index (χ1n) is 8.64. The van der Waals surface area contributed by atoms with Crippen LogP contribution in [0.25, 0.3) is 0 Å². The molecule has 0 fully saturated rings. The third kappa shape index (κ3) is 6.20. The molecule has 0 aliphatic carbocycles. The molecule has 2 aromatic rings. The number of nitrogens with zero attached hydrogens (tertiary/aromatic N) is 1. The van der Waals surface area contributed by atoms with E-state index in [1.807, 2.05) is 0 Å². The minimum absolute atomic E-state index is 0.00544. The largest absolute Gasteiger partial charge is 0.457 e. The van der Waals surface area contributed by atoms with Gasteiger partial charge in [-0.25, -0.2) is 18.0 Å². The van der Waals surface area contributed by atoms with Crippen molar-refractivity contribution in [2.75, 3.05) is 18.0 Å². The molecule has 2 aromatic carbocycles. The Morgan fingerprint density at radius 3 is 2.34 bits per heavy atom. The molecule has 0 heterocycles. The summed E-state index contributed by atoms with van der Waals surface area (Å²) in [5.74, 6) is -1.53. The third-order valence-electron chi connectivity index (χ3n) is 3.64. The molecule has 0 spiro atoms. The molecule has 0 aliphatic rings. The number of sulfonamides is 1. The van der Waals surface area contributed by atoms with Crippen LogP contribution in [0, 0.1) is 0 Å². The molecule has 0 saturated heterocycles. The highest BCUT2D eigenvalue weighted by Gasteiger charge is 2.23. The summed E-state index contributed by atoms with van der Waals surface area (Å²) >= 11 is 5.93. The lowest BCUT2D eigenvalue weighted by Gasteiger charge is -2.20. The van der Waals surface area contributed by atoms with Gasteiger partial charge in [-0.2, -0.15) is 0 Å². The second-order valence-corrected chi connectivity index (χ2v) is 9.55. The summed E-state index contributed by atoms with van der Waals surface area (Å²) in [7, 11) is -2.56. The van der Waals surface area contributed by atoms with Crippen LogP contribution in [0.1, 0.15) is 31.1 Å². The molecule has 7 nitrogen and oxygen atoms in total. The topological polar surface area (TPSA) is 90.0 Å². The molecule has 0 N–H and O–H groups in total. The summed E-state index contributed by atoms with van der Waals surface area (Å²) < 4.78 is 36.8. The van der Waals surface area contributed by atoms with Gasteiger partial charge in [0.1, 0.15) is 5.60 Å². The Kier molecular flexibility index (Phi) is 6.92. The average Bonchev–Trinajstić information content (AvgIpc) is 2.64. The number of hydrogen-bond donors (Lipinski definition) is 0. The van der Waals surface area contributed by atoms with Crippen molar-refractivity contribution in [1.82, 2.24) is 0 Å². The van der Waals surface area contributed by atoms with Gasteiger partial charge >= 0.3 is 11.9 Å². The van der Waals surface area contributed by atoms with E-state index in [1.165, 1.54) is 37.4 Å². The molecule has 2 rings (SSSR count). The fourth-order valence-corrected chi connectivity index (χ4v) is 3.75. The van der Waals surface area contributed by atoms with Crippen LogP contribution >= 0.6 is 11.6 Å². The Morgan fingerprint density at radius 2 is 1.72 bits per heavy atom. The number of esters is 2. The fourth-order valence-electron chi connectivity index (χ4n) is 2.33. The lowest BCUT2D eigenvalue weighted by atomic mass is 10.2. The first-order chi connectivity index (χ1) is 13.4. The molecular weight excluding hydrogens is 418 g/mol. The molecule has 9 heteroatoms. The van der Waals surface area contributed by atoms with Crippen molar-refractivity contribution in [3.05, 3.63) is 59.1 Å². The van der Waals surface area contributed by atoms with E-state index in [0.29, 0.717) is 10.7 Å².